The quantitative estimate of drug-likeness (QED) is 0.169. The van der Waals surface area contributed by atoms with Gasteiger partial charge in [-0.3, -0.25) is 25.0 Å². The van der Waals surface area contributed by atoms with E-state index in [1.165, 1.54) is 0 Å². The third-order valence-electron chi connectivity index (χ3n) is 7.90. The number of nitro groups is 1. The molecule has 1 heterocycles. The average molecular weight is 540 g/mol. The van der Waals surface area contributed by atoms with Crippen molar-refractivity contribution in [2.45, 2.75) is 83.2 Å². The summed E-state index contributed by atoms with van der Waals surface area (Å²) in [7, 11) is 0. The summed E-state index contributed by atoms with van der Waals surface area (Å²) in [5.41, 5.74) is 0.436. The highest BCUT2D eigenvalue weighted by Crippen LogP contribution is 2.45. The fourth-order valence-corrected chi connectivity index (χ4v) is 5.57. The number of rotatable bonds is 15. The van der Waals surface area contributed by atoms with Crippen molar-refractivity contribution in [3.8, 4) is 0 Å². The number of nitrogens with zero attached hydrogens (tertiary/aromatic N) is 1. The second kappa shape index (κ2) is 14.2. The van der Waals surface area contributed by atoms with E-state index in [9.17, 15) is 19.7 Å². The maximum Gasteiger partial charge on any atom is 0.303 e. The largest absolute Gasteiger partial charge is 0.481 e. The zero-order valence-electron chi connectivity index (χ0n) is 23.0. The molecule has 1 saturated heterocycles. The molecule has 3 rings (SSSR count). The van der Waals surface area contributed by atoms with Crippen LogP contribution in [0.25, 0.3) is 0 Å². The second-order valence-corrected chi connectivity index (χ2v) is 10.6. The predicted molar refractivity (Wildman–Crippen MR) is 149 cm³/mol. The van der Waals surface area contributed by atoms with E-state index in [2.05, 4.69) is 10.6 Å². The molecule has 0 spiro atoms. The Morgan fingerprint density at radius 3 is 2.33 bits per heavy atom. The summed E-state index contributed by atoms with van der Waals surface area (Å²) in [6.07, 6.45) is 2.09. The van der Waals surface area contributed by atoms with Crippen molar-refractivity contribution in [1.82, 2.24) is 10.6 Å². The molecule has 6 atom stereocenters. The van der Waals surface area contributed by atoms with Crippen molar-refractivity contribution in [1.29, 1.82) is 0 Å². The molecule has 9 nitrogen and oxygen atoms in total. The van der Waals surface area contributed by atoms with E-state index in [4.69, 9.17) is 9.84 Å². The summed E-state index contributed by atoms with van der Waals surface area (Å²) in [4.78, 5) is 37.0. The van der Waals surface area contributed by atoms with Crippen LogP contribution >= 0.6 is 0 Å². The molecule has 39 heavy (non-hydrogen) atoms. The topological polar surface area (TPSA) is 131 Å². The molecule has 0 aromatic heterocycles. The Bertz CT molecular complexity index is 1080. The molecule has 0 saturated carbocycles. The Balaban J connectivity index is 1.92. The first kappa shape index (κ1) is 30.2. The van der Waals surface area contributed by atoms with Gasteiger partial charge in [-0.2, -0.15) is 0 Å². The van der Waals surface area contributed by atoms with Gasteiger partial charge >= 0.3 is 5.97 Å². The van der Waals surface area contributed by atoms with Gasteiger partial charge in [-0.1, -0.05) is 87.4 Å². The third kappa shape index (κ3) is 7.64. The molecular weight excluding hydrogens is 498 g/mol. The summed E-state index contributed by atoms with van der Waals surface area (Å²) in [6.45, 7) is 6.44. The Kier molecular flexibility index (Phi) is 11.0. The molecule has 2 aromatic rings. The number of carbonyl (C=O) groups is 2. The lowest BCUT2D eigenvalue weighted by Crippen LogP contribution is -2.60. The maximum atomic E-state index is 13.8. The van der Waals surface area contributed by atoms with Crippen LogP contribution in [0.5, 0.6) is 0 Å². The first-order valence-corrected chi connectivity index (χ1v) is 13.8. The Hall–Kier alpha value is -3.30. The molecule has 0 unspecified atom stereocenters. The number of aliphatic carboxylic acids is 1. The number of ether oxygens (including phenoxy) is 1. The minimum Gasteiger partial charge on any atom is -0.481 e. The smallest absolute Gasteiger partial charge is 0.303 e. The van der Waals surface area contributed by atoms with Gasteiger partial charge in [-0.15, -0.1) is 0 Å². The monoisotopic (exact) mass is 539 g/mol. The molecular formula is C30H41N3O6. The SMILES string of the molecule is CC[C@H](C)[C@@H](OCc1ccccc1)[C@@H]1[C@H]([N+](=O)[O-])[C@H](c2ccccc2)N[C@]1(C)C(=O)NCCCCCC(=O)O. The molecule has 1 fully saturated rings. The number of carboxylic acids is 1. The van der Waals surface area contributed by atoms with Crippen LogP contribution in [-0.2, 0) is 20.9 Å². The summed E-state index contributed by atoms with van der Waals surface area (Å²) in [5, 5.41) is 27.9. The lowest BCUT2D eigenvalue weighted by molar-refractivity contribution is -0.536. The van der Waals surface area contributed by atoms with Crippen molar-refractivity contribution in [3.05, 3.63) is 81.9 Å². The lowest BCUT2D eigenvalue weighted by Gasteiger charge is -2.37. The predicted octanol–water partition coefficient (Wildman–Crippen LogP) is 4.74. The van der Waals surface area contributed by atoms with Gasteiger partial charge in [0.15, 0.2) is 0 Å². The number of unbranched alkanes of at least 4 members (excludes halogenated alkanes) is 2. The minimum atomic E-state index is -1.27. The van der Waals surface area contributed by atoms with Gasteiger partial charge in [-0.05, 0) is 36.8 Å². The molecule has 2 aromatic carbocycles. The van der Waals surface area contributed by atoms with Crippen LogP contribution in [0.4, 0.5) is 0 Å². The molecule has 1 amide bonds. The fourth-order valence-electron chi connectivity index (χ4n) is 5.57. The zero-order valence-corrected chi connectivity index (χ0v) is 23.0. The van der Waals surface area contributed by atoms with E-state index in [0.717, 1.165) is 17.5 Å². The average Bonchev–Trinajstić information content (AvgIpc) is 3.25. The molecule has 9 heteroatoms. The van der Waals surface area contributed by atoms with E-state index in [1.54, 1.807) is 6.92 Å². The first-order chi connectivity index (χ1) is 18.7. The molecule has 0 bridgehead atoms. The molecule has 0 radical (unpaired) electrons. The fraction of sp³-hybridized carbons (Fsp3) is 0.533. The number of benzene rings is 2. The van der Waals surface area contributed by atoms with Gasteiger partial charge in [0.05, 0.1) is 18.6 Å². The first-order valence-electron chi connectivity index (χ1n) is 13.8. The summed E-state index contributed by atoms with van der Waals surface area (Å²) in [6, 6.07) is 17.1. The number of carbonyl (C=O) groups excluding carboxylic acids is 1. The Labute approximate surface area is 230 Å². The molecule has 1 aliphatic heterocycles. The summed E-state index contributed by atoms with van der Waals surface area (Å²) < 4.78 is 6.47. The highest BCUT2D eigenvalue weighted by Gasteiger charge is 2.64. The molecule has 1 aliphatic rings. The lowest BCUT2D eigenvalue weighted by atomic mass is 9.74. The zero-order chi connectivity index (χ0) is 28.4. The van der Waals surface area contributed by atoms with Gasteiger partial charge in [0, 0.05) is 17.9 Å². The highest BCUT2D eigenvalue weighted by atomic mass is 16.6. The normalized spacial score (nSPS) is 24.1. The van der Waals surface area contributed by atoms with Crippen LogP contribution in [0.1, 0.15) is 70.0 Å². The van der Waals surface area contributed by atoms with Crippen molar-refractivity contribution in [2.24, 2.45) is 11.8 Å². The second-order valence-electron chi connectivity index (χ2n) is 10.6. The maximum absolute atomic E-state index is 13.8. The number of hydrogen-bond acceptors (Lipinski definition) is 6. The van der Waals surface area contributed by atoms with Gasteiger partial charge in [0.1, 0.15) is 11.6 Å². The van der Waals surface area contributed by atoms with Crippen LogP contribution in [0.2, 0.25) is 0 Å². The number of amides is 1. The Morgan fingerprint density at radius 1 is 1.10 bits per heavy atom. The minimum absolute atomic E-state index is 0.0411. The summed E-state index contributed by atoms with van der Waals surface area (Å²) >= 11 is 0. The van der Waals surface area contributed by atoms with Crippen LogP contribution < -0.4 is 10.6 Å². The molecule has 3 N–H and O–H groups in total. The van der Waals surface area contributed by atoms with Crippen LogP contribution in [0.3, 0.4) is 0 Å². The van der Waals surface area contributed by atoms with Gasteiger partial charge in [-0.25, -0.2) is 0 Å². The summed E-state index contributed by atoms with van der Waals surface area (Å²) in [5.74, 6) is -1.94. The van der Waals surface area contributed by atoms with E-state index < -0.39 is 35.6 Å². The van der Waals surface area contributed by atoms with Crippen LogP contribution in [0.15, 0.2) is 60.7 Å². The highest BCUT2D eigenvalue weighted by molar-refractivity contribution is 5.87. The van der Waals surface area contributed by atoms with Crippen LogP contribution in [-0.4, -0.2) is 46.1 Å². The van der Waals surface area contributed by atoms with E-state index in [-0.39, 0.29) is 29.8 Å². The van der Waals surface area contributed by atoms with E-state index >= 15 is 0 Å². The Morgan fingerprint density at radius 2 is 1.74 bits per heavy atom. The van der Waals surface area contributed by atoms with Crippen molar-refractivity contribution in [2.75, 3.05) is 6.54 Å². The van der Waals surface area contributed by atoms with Crippen molar-refractivity contribution in [3.63, 3.8) is 0 Å². The van der Waals surface area contributed by atoms with Crippen LogP contribution in [0, 0.1) is 22.0 Å². The van der Waals surface area contributed by atoms with Crippen molar-refractivity contribution >= 4 is 11.9 Å². The van der Waals surface area contributed by atoms with Gasteiger partial charge < -0.3 is 15.2 Å². The number of nitrogens with one attached hydrogen (secondary N) is 2. The van der Waals surface area contributed by atoms with E-state index in [0.29, 0.717) is 25.8 Å². The van der Waals surface area contributed by atoms with Gasteiger partial charge in [0.25, 0.3) is 0 Å². The standard InChI is InChI=1S/C30H41N3O6/c1-4-21(2)28(39-20-22-14-8-5-9-15-22)25-27(33(37)38)26(23-16-10-6-11-17-23)32-30(25,3)29(36)31-19-13-7-12-18-24(34)35/h5-6,8-11,14-17,21,25-28,32H,4,7,12-13,18-20H2,1-3H3,(H,31,36)(H,34,35)/t21-,25-,26-,27-,28+,30-/m0/s1. The molecule has 212 valence electrons. The molecule has 0 aliphatic carbocycles. The number of carboxylic acid groups (broad SMARTS) is 1. The van der Waals surface area contributed by atoms with Gasteiger partial charge in [0.2, 0.25) is 11.9 Å². The van der Waals surface area contributed by atoms with Crippen molar-refractivity contribution < 1.29 is 24.4 Å². The third-order valence-corrected chi connectivity index (χ3v) is 7.90. The van der Waals surface area contributed by atoms with E-state index in [1.807, 2.05) is 74.5 Å². The number of hydrogen-bond donors (Lipinski definition) is 3.